The summed E-state index contributed by atoms with van der Waals surface area (Å²) in [5, 5.41) is 2.69. The zero-order valence-corrected chi connectivity index (χ0v) is 11.0. The van der Waals surface area contributed by atoms with Gasteiger partial charge in [0.05, 0.1) is 0 Å². The van der Waals surface area contributed by atoms with Crippen molar-refractivity contribution in [3.05, 3.63) is 23.9 Å². The molecule has 3 N–H and O–H groups in total. The Hall–Kier alpha value is -1.69. The van der Waals surface area contributed by atoms with E-state index in [0.717, 1.165) is 30.8 Å². The number of hydrogen-bond donors (Lipinski definition) is 2. The Balaban J connectivity index is 2.20. The molecule has 1 atom stereocenters. The molecule has 0 aromatic carbocycles. The molecule has 18 heavy (non-hydrogen) atoms. The number of anilines is 1. The summed E-state index contributed by atoms with van der Waals surface area (Å²) in [4.78, 5) is 18.4. The van der Waals surface area contributed by atoms with E-state index in [1.54, 1.807) is 13.2 Å². The van der Waals surface area contributed by atoms with Gasteiger partial charge >= 0.3 is 0 Å². The van der Waals surface area contributed by atoms with Crippen LogP contribution in [0.2, 0.25) is 0 Å². The Kier molecular flexibility index (Phi) is 3.76. The SMILES string of the molecule is CNC(=O)C1CCCN1c1ccc(C(N)=S)cn1. The van der Waals surface area contributed by atoms with Crippen LogP contribution in [-0.4, -0.2) is 35.5 Å². The van der Waals surface area contributed by atoms with E-state index < -0.39 is 0 Å². The lowest BCUT2D eigenvalue weighted by Crippen LogP contribution is -2.42. The predicted molar refractivity (Wildman–Crippen MR) is 74.6 cm³/mol. The number of nitrogens with one attached hydrogen (secondary N) is 1. The smallest absolute Gasteiger partial charge is 0.242 e. The highest BCUT2D eigenvalue weighted by Gasteiger charge is 2.30. The zero-order valence-electron chi connectivity index (χ0n) is 10.2. The van der Waals surface area contributed by atoms with Gasteiger partial charge in [0, 0.05) is 25.4 Å². The second-order valence-corrected chi connectivity index (χ2v) is 4.67. The molecule has 0 spiro atoms. The molecule has 6 heteroatoms. The third kappa shape index (κ3) is 2.43. The maximum absolute atomic E-state index is 11.8. The van der Waals surface area contributed by atoms with E-state index in [0.29, 0.717) is 4.99 Å². The first-order valence-corrected chi connectivity index (χ1v) is 6.28. The van der Waals surface area contributed by atoms with Crippen molar-refractivity contribution in [2.75, 3.05) is 18.5 Å². The highest BCUT2D eigenvalue weighted by molar-refractivity contribution is 7.80. The summed E-state index contributed by atoms with van der Waals surface area (Å²) in [6, 6.07) is 3.57. The number of carbonyl (C=O) groups excluding carboxylic acids is 1. The zero-order chi connectivity index (χ0) is 13.1. The fourth-order valence-corrected chi connectivity index (χ4v) is 2.30. The first-order valence-electron chi connectivity index (χ1n) is 5.87. The van der Waals surface area contributed by atoms with Crippen LogP contribution in [-0.2, 0) is 4.79 Å². The number of rotatable bonds is 3. The second kappa shape index (κ2) is 5.30. The lowest BCUT2D eigenvalue weighted by molar-refractivity contribution is -0.121. The third-order valence-electron chi connectivity index (χ3n) is 3.13. The maximum atomic E-state index is 11.8. The molecule has 2 rings (SSSR count). The van der Waals surface area contributed by atoms with Gasteiger partial charge in [0.2, 0.25) is 5.91 Å². The summed E-state index contributed by atoms with van der Waals surface area (Å²) < 4.78 is 0. The van der Waals surface area contributed by atoms with Gasteiger partial charge in [0.1, 0.15) is 16.8 Å². The van der Waals surface area contributed by atoms with Crippen LogP contribution in [0.25, 0.3) is 0 Å². The standard InChI is InChI=1S/C12H16N4OS/c1-14-12(17)9-3-2-6-16(9)10-5-4-8(7-15-10)11(13)18/h4-5,7,9H,2-3,6H2,1H3,(H2,13,18)(H,14,17). The van der Waals surface area contributed by atoms with Gasteiger partial charge in [-0.1, -0.05) is 12.2 Å². The Morgan fingerprint density at radius 2 is 2.39 bits per heavy atom. The summed E-state index contributed by atoms with van der Waals surface area (Å²) >= 11 is 4.88. The average Bonchev–Trinajstić information content (AvgIpc) is 2.87. The van der Waals surface area contributed by atoms with Gasteiger partial charge in [-0.15, -0.1) is 0 Å². The molecule has 0 radical (unpaired) electrons. The van der Waals surface area contributed by atoms with Gasteiger partial charge in [-0.2, -0.15) is 0 Å². The molecule has 1 aliphatic rings. The predicted octanol–water partition coefficient (Wildman–Crippen LogP) is 0.431. The normalized spacial score (nSPS) is 18.7. The van der Waals surface area contributed by atoms with Crippen LogP contribution in [0.3, 0.4) is 0 Å². The van der Waals surface area contributed by atoms with E-state index in [1.807, 2.05) is 17.0 Å². The highest BCUT2D eigenvalue weighted by Crippen LogP contribution is 2.23. The first-order chi connectivity index (χ1) is 8.63. The number of carbonyl (C=O) groups is 1. The summed E-state index contributed by atoms with van der Waals surface area (Å²) in [7, 11) is 1.65. The number of hydrogen-bond acceptors (Lipinski definition) is 4. The first kappa shape index (κ1) is 12.8. The summed E-state index contributed by atoms with van der Waals surface area (Å²) in [5.41, 5.74) is 6.27. The summed E-state index contributed by atoms with van der Waals surface area (Å²) in [6.45, 7) is 0.845. The van der Waals surface area contributed by atoms with Crippen LogP contribution in [0.1, 0.15) is 18.4 Å². The van der Waals surface area contributed by atoms with Crippen LogP contribution in [0.5, 0.6) is 0 Å². The Bertz CT molecular complexity index is 460. The lowest BCUT2D eigenvalue weighted by Gasteiger charge is -2.24. The molecule has 1 unspecified atom stereocenters. The average molecular weight is 264 g/mol. The van der Waals surface area contributed by atoms with Crippen molar-refractivity contribution < 1.29 is 4.79 Å². The van der Waals surface area contributed by atoms with Crippen LogP contribution in [0.15, 0.2) is 18.3 Å². The molecule has 96 valence electrons. The highest BCUT2D eigenvalue weighted by atomic mass is 32.1. The van der Waals surface area contributed by atoms with E-state index in [2.05, 4.69) is 10.3 Å². The van der Waals surface area contributed by atoms with E-state index in [1.165, 1.54) is 0 Å². The molecular weight excluding hydrogens is 248 g/mol. The third-order valence-corrected chi connectivity index (χ3v) is 3.36. The molecule has 5 nitrogen and oxygen atoms in total. The van der Waals surface area contributed by atoms with Crippen LogP contribution in [0.4, 0.5) is 5.82 Å². The maximum Gasteiger partial charge on any atom is 0.242 e. The molecule has 1 aromatic rings. The van der Waals surface area contributed by atoms with E-state index in [4.69, 9.17) is 18.0 Å². The number of nitrogens with two attached hydrogens (primary N) is 1. The van der Waals surface area contributed by atoms with Gasteiger partial charge in [-0.05, 0) is 25.0 Å². The van der Waals surface area contributed by atoms with Crippen molar-refractivity contribution >= 4 is 28.9 Å². The lowest BCUT2D eigenvalue weighted by atomic mass is 10.2. The quantitative estimate of drug-likeness (QED) is 0.775. The van der Waals surface area contributed by atoms with E-state index in [9.17, 15) is 4.79 Å². The molecule has 2 heterocycles. The molecular formula is C12H16N4OS. The van der Waals surface area contributed by atoms with E-state index >= 15 is 0 Å². The fraction of sp³-hybridized carbons (Fsp3) is 0.417. The minimum absolute atomic E-state index is 0.0349. The van der Waals surface area contributed by atoms with Crippen molar-refractivity contribution in [2.24, 2.45) is 5.73 Å². The number of likely N-dealkylation sites (N-methyl/N-ethyl adjacent to an activating group) is 1. The molecule has 0 saturated carbocycles. The van der Waals surface area contributed by atoms with E-state index in [-0.39, 0.29) is 11.9 Å². The fourth-order valence-electron chi connectivity index (χ4n) is 2.18. The summed E-state index contributed by atoms with van der Waals surface area (Å²) in [5.74, 6) is 0.828. The molecule has 1 saturated heterocycles. The van der Waals surface area contributed by atoms with Crippen molar-refractivity contribution in [2.45, 2.75) is 18.9 Å². The number of thiocarbonyl (C=S) groups is 1. The molecule has 1 fully saturated rings. The topological polar surface area (TPSA) is 71.2 Å². The van der Waals surface area contributed by atoms with Crippen LogP contribution < -0.4 is 16.0 Å². The Labute approximate surface area is 111 Å². The number of amides is 1. The second-order valence-electron chi connectivity index (χ2n) is 4.23. The number of aromatic nitrogens is 1. The molecule has 0 bridgehead atoms. The molecule has 0 aliphatic carbocycles. The minimum atomic E-state index is -0.127. The largest absolute Gasteiger partial charge is 0.389 e. The van der Waals surface area contributed by atoms with Crippen LogP contribution in [0, 0.1) is 0 Å². The molecule has 1 aromatic heterocycles. The van der Waals surface area contributed by atoms with Crippen molar-refractivity contribution in [1.29, 1.82) is 0 Å². The minimum Gasteiger partial charge on any atom is -0.389 e. The Morgan fingerprint density at radius 1 is 1.61 bits per heavy atom. The van der Waals surface area contributed by atoms with Gasteiger partial charge in [-0.25, -0.2) is 4.98 Å². The van der Waals surface area contributed by atoms with Gasteiger partial charge in [-0.3, -0.25) is 4.79 Å². The van der Waals surface area contributed by atoms with Crippen LogP contribution >= 0.6 is 12.2 Å². The van der Waals surface area contributed by atoms with Crippen molar-refractivity contribution in [1.82, 2.24) is 10.3 Å². The van der Waals surface area contributed by atoms with Crippen molar-refractivity contribution in [3.63, 3.8) is 0 Å². The van der Waals surface area contributed by atoms with Gasteiger partial charge in [0.25, 0.3) is 0 Å². The number of nitrogens with zero attached hydrogens (tertiary/aromatic N) is 2. The summed E-state index contributed by atoms with van der Waals surface area (Å²) in [6.07, 6.45) is 3.51. The van der Waals surface area contributed by atoms with Crippen molar-refractivity contribution in [3.8, 4) is 0 Å². The van der Waals surface area contributed by atoms with Gasteiger partial charge < -0.3 is 16.0 Å². The molecule has 1 amide bonds. The molecule has 1 aliphatic heterocycles. The Morgan fingerprint density at radius 3 is 2.94 bits per heavy atom. The number of pyridine rings is 1. The monoisotopic (exact) mass is 264 g/mol. The van der Waals surface area contributed by atoms with Gasteiger partial charge in [0.15, 0.2) is 0 Å².